The molecule has 0 bridgehead atoms. The van der Waals surface area contributed by atoms with Crippen molar-refractivity contribution in [3.05, 3.63) is 42.0 Å². The fourth-order valence-corrected chi connectivity index (χ4v) is 4.04. The highest BCUT2D eigenvalue weighted by atomic mass is 16.3. The molecule has 3 aromatic rings. The average Bonchev–Trinajstić information content (AvgIpc) is 2.85. The Kier molecular flexibility index (Phi) is 3.48. The molecule has 0 amide bonds. The second-order valence-corrected chi connectivity index (χ2v) is 6.77. The van der Waals surface area contributed by atoms with Crippen molar-refractivity contribution in [1.82, 2.24) is 4.57 Å². The van der Waals surface area contributed by atoms with E-state index in [1.165, 1.54) is 24.0 Å². The van der Waals surface area contributed by atoms with Crippen LogP contribution in [0.5, 0.6) is 11.5 Å². The van der Waals surface area contributed by atoms with E-state index in [4.69, 9.17) is 0 Å². The summed E-state index contributed by atoms with van der Waals surface area (Å²) in [5.74, 6) is 1.77. The predicted molar refractivity (Wildman–Crippen MR) is 94.1 cm³/mol. The number of benzene rings is 2. The Balaban J connectivity index is 2.01. The van der Waals surface area contributed by atoms with E-state index < -0.39 is 0 Å². The summed E-state index contributed by atoms with van der Waals surface area (Å²) in [7, 11) is 2.05. The molecular weight excluding hydrogens is 300 g/mol. The Bertz CT molecular complexity index is 927. The Morgan fingerprint density at radius 2 is 1.88 bits per heavy atom. The smallest absolute Gasteiger partial charge is 0.290 e. The van der Waals surface area contributed by atoms with Crippen molar-refractivity contribution in [2.24, 2.45) is 7.05 Å². The van der Waals surface area contributed by atoms with Crippen LogP contribution in [-0.4, -0.2) is 14.8 Å². The van der Waals surface area contributed by atoms with Crippen LogP contribution in [0.25, 0.3) is 22.4 Å². The molecule has 0 saturated heterocycles. The van der Waals surface area contributed by atoms with Crippen molar-refractivity contribution >= 4 is 11.0 Å². The lowest BCUT2D eigenvalue weighted by Gasteiger charge is -2.23. The van der Waals surface area contributed by atoms with Gasteiger partial charge >= 0.3 is 0 Å². The van der Waals surface area contributed by atoms with Crippen molar-refractivity contribution in [3.8, 4) is 22.9 Å². The number of hydrogen-bond donors (Lipinski definition) is 2. The van der Waals surface area contributed by atoms with Crippen LogP contribution >= 0.6 is 0 Å². The number of phenolic OH excluding ortho intramolecular Hbond substituents is 2. The maximum atomic E-state index is 9.90. The number of imidazole rings is 1. The Morgan fingerprint density at radius 1 is 1.12 bits per heavy atom. The normalized spacial score (nSPS) is 16.2. The van der Waals surface area contributed by atoms with Gasteiger partial charge in [0, 0.05) is 12.5 Å². The Hall–Kier alpha value is -2.49. The topological polar surface area (TPSA) is 49.3 Å². The molecule has 1 atom stereocenters. The number of hydrogen-bond acceptors (Lipinski definition) is 2. The summed E-state index contributed by atoms with van der Waals surface area (Å²) < 4.78 is 4.58. The molecule has 0 fully saturated rings. The van der Waals surface area contributed by atoms with E-state index in [1.54, 1.807) is 12.1 Å². The summed E-state index contributed by atoms with van der Waals surface area (Å²) in [6, 6.07) is 11.6. The minimum Gasteiger partial charge on any atom is -0.508 e. The second kappa shape index (κ2) is 5.55. The molecule has 2 N–H and O–H groups in total. The van der Waals surface area contributed by atoms with Gasteiger partial charge in [-0.2, -0.15) is 0 Å². The van der Waals surface area contributed by atoms with Crippen LogP contribution in [0.1, 0.15) is 37.8 Å². The quantitative estimate of drug-likeness (QED) is 0.720. The van der Waals surface area contributed by atoms with Crippen LogP contribution in [0.3, 0.4) is 0 Å². The van der Waals surface area contributed by atoms with Crippen LogP contribution in [0.15, 0.2) is 36.4 Å². The van der Waals surface area contributed by atoms with E-state index in [9.17, 15) is 10.2 Å². The number of fused-ring (bicyclic) bond motifs is 5. The summed E-state index contributed by atoms with van der Waals surface area (Å²) in [5.41, 5.74) is 4.56. The minimum atomic E-state index is 0.289. The number of unbranched alkanes of at least 4 members (excludes halogenated alkanes) is 1. The van der Waals surface area contributed by atoms with Gasteiger partial charge in [-0.05, 0) is 48.7 Å². The van der Waals surface area contributed by atoms with Crippen molar-refractivity contribution in [1.29, 1.82) is 0 Å². The molecule has 0 aliphatic carbocycles. The van der Waals surface area contributed by atoms with Crippen LogP contribution in [0.4, 0.5) is 0 Å². The van der Waals surface area contributed by atoms with Gasteiger partial charge in [0.05, 0.1) is 12.6 Å². The van der Waals surface area contributed by atoms with Gasteiger partial charge in [0.25, 0.3) is 5.82 Å². The maximum Gasteiger partial charge on any atom is 0.290 e. The molecule has 0 spiro atoms. The van der Waals surface area contributed by atoms with E-state index in [-0.39, 0.29) is 5.75 Å². The average molecular weight is 323 g/mol. The molecule has 4 rings (SSSR count). The summed E-state index contributed by atoms with van der Waals surface area (Å²) >= 11 is 0. The first kappa shape index (κ1) is 15.1. The molecular formula is C20H23N2O2+. The Morgan fingerprint density at radius 3 is 2.67 bits per heavy atom. The molecule has 4 nitrogen and oxygen atoms in total. The third-order valence-corrected chi connectivity index (χ3v) is 5.17. The summed E-state index contributed by atoms with van der Waals surface area (Å²) in [5, 5.41) is 19.8. The maximum absolute atomic E-state index is 9.90. The zero-order chi connectivity index (χ0) is 16.8. The van der Waals surface area contributed by atoms with Gasteiger partial charge < -0.3 is 10.2 Å². The molecule has 2 heterocycles. The highest BCUT2D eigenvalue weighted by molar-refractivity contribution is 5.78. The lowest BCUT2D eigenvalue weighted by Crippen LogP contribution is -2.45. The number of rotatable bonds is 3. The molecule has 1 aromatic heterocycles. The molecule has 24 heavy (non-hydrogen) atoms. The fraction of sp³-hybridized carbons (Fsp3) is 0.350. The Labute approximate surface area is 141 Å². The van der Waals surface area contributed by atoms with Gasteiger partial charge in [-0.15, -0.1) is 0 Å². The third-order valence-electron chi connectivity index (χ3n) is 5.17. The summed E-state index contributed by atoms with van der Waals surface area (Å²) in [6.07, 6.45) is 4.40. The first-order valence-electron chi connectivity index (χ1n) is 8.65. The van der Waals surface area contributed by atoms with E-state index in [1.807, 2.05) is 31.3 Å². The van der Waals surface area contributed by atoms with Gasteiger partial charge in [-0.1, -0.05) is 13.3 Å². The SMILES string of the molecule is CCCCC1Cc2cc(O)ccc2-c2n(C)c3cc(O)ccc3[n+]21. The van der Waals surface area contributed by atoms with Crippen LogP contribution in [-0.2, 0) is 13.5 Å². The van der Waals surface area contributed by atoms with Crippen LogP contribution < -0.4 is 4.57 Å². The molecule has 0 saturated carbocycles. The van der Waals surface area contributed by atoms with E-state index in [0.717, 1.165) is 29.7 Å². The lowest BCUT2D eigenvalue weighted by molar-refractivity contribution is -0.691. The van der Waals surface area contributed by atoms with Gasteiger partial charge in [-0.25, -0.2) is 9.13 Å². The summed E-state index contributed by atoms with van der Waals surface area (Å²) in [6.45, 7) is 2.22. The number of phenols is 2. The molecule has 4 heteroatoms. The van der Waals surface area contributed by atoms with Gasteiger partial charge in [-0.3, -0.25) is 0 Å². The number of aryl methyl sites for hydroxylation is 1. The lowest BCUT2D eigenvalue weighted by atomic mass is 9.92. The van der Waals surface area contributed by atoms with E-state index in [0.29, 0.717) is 11.8 Å². The molecule has 1 unspecified atom stereocenters. The van der Waals surface area contributed by atoms with Crippen molar-refractivity contribution in [2.75, 3.05) is 0 Å². The summed E-state index contributed by atoms with van der Waals surface area (Å²) in [4.78, 5) is 0. The number of aromatic hydroxyl groups is 2. The zero-order valence-electron chi connectivity index (χ0n) is 14.2. The molecule has 0 radical (unpaired) electrons. The van der Waals surface area contributed by atoms with Crippen molar-refractivity contribution in [2.45, 2.75) is 38.6 Å². The number of aromatic nitrogens is 2. The number of nitrogens with zero attached hydrogens (tertiary/aromatic N) is 2. The second-order valence-electron chi connectivity index (χ2n) is 6.77. The molecule has 2 aromatic carbocycles. The van der Waals surface area contributed by atoms with E-state index in [2.05, 4.69) is 16.1 Å². The first-order chi connectivity index (χ1) is 11.6. The standard InChI is InChI=1S/C20H22N2O2/c1-3-4-5-14-10-13-11-15(23)6-8-17(13)20-21(2)19-12-16(24)7-9-18(19)22(14)20/h6-9,11-12,14,24H,3-5,10H2,1-2H3/p+1. The monoisotopic (exact) mass is 323 g/mol. The van der Waals surface area contributed by atoms with E-state index >= 15 is 0 Å². The minimum absolute atomic E-state index is 0.289. The zero-order valence-corrected chi connectivity index (χ0v) is 14.2. The highest BCUT2D eigenvalue weighted by Gasteiger charge is 2.35. The van der Waals surface area contributed by atoms with Crippen molar-refractivity contribution < 1.29 is 14.8 Å². The molecule has 124 valence electrons. The molecule has 1 aliphatic rings. The largest absolute Gasteiger partial charge is 0.508 e. The van der Waals surface area contributed by atoms with Crippen LogP contribution in [0.2, 0.25) is 0 Å². The molecule has 1 aliphatic heterocycles. The van der Waals surface area contributed by atoms with Crippen LogP contribution in [0, 0.1) is 0 Å². The van der Waals surface area contributed by atoms with Crippen molar-refractivity contribution in [3.63, 3.8) is 0 Å². The van der Waals surface area contributed by atoms with Gasteiger partial charge in [0.15, 0.2) is 11.0 Å². The first-order valence-corrected chi connectivity index (χ1v) is 8.65. The third kappa shape index (κ3) is 2.17. The van der Waals surface area contributed by atoms with Gasteiger partial charge in [0.2, 0.25) is 0 Å². The van der Waals surface area contributed by atoms with Gasteiger partial charge in [0.1, 0.15) is 17.5 Å². The fourth-order valence-electron chi connectivity index (χ4n) is 4.04. The highest BCUT2D eigenvalue weighted by Crippen LogP contribution is 2.36. The predicted octanol–water partition coefficient (Wildman–Crippen LogP) is 3.83.